The van der Waals surface area contributed by atoms with E-state index in [0.29, 0.717) is 26.2 Å². The second-order valence-electron chi connectivity index (χ2n) is 7.01. The topological polar surface area (TPSA) is 90.5 Å². The third-order valence-corrected chi connectivity index (χ3v) is 6.03. The molecule has 3 N–H and O–H groups in total. The van der Waals surface area contributed by atoms with E-state index in [2.05, 4.69) is 11.8 Å². The Kier molecular flexibility index (Phi) is 6.19. The Morgan fingerprint density at radius 1 is 1.24 bits per heavy atom. The number of nitrogens with zero attached hydrogens (tertiary/aromatic N) is 2. The van der Waals surface area contributed by atoms with Crippen molar-refractivity contribution in [1.29, 1.82) is 5.41 Å². The third kappa shape index (κ3) is 5.56. The Labute approximate surface area is 129 Å². The van der Waals surface area contributed by atoms with Gasteiger partial charge < -0.3 is 5.73 Å². The molecule has 0 aromatic carbocycles. The summed E-state index contributed by atoms with van der Waals surface area (Å²) in [7, 11) is -3.20. The number of hydrogen-bond acceptors (Lipinski definition) is 4. The maximum Gasteiger partial charge on any atom is 0.214 e. The van der Waals surface area contributed by atoms with Crippen molar-refractivity contribution in [3.63, 3.8) is 0 Å². The van der Waals surface area contributed by atoms with E-state index in [1.165, 1.54) is 0 Å². The van der Waals surface area contributed by atoms with Crippen LogP contribution in [0.1, 0.15) is 40.5 Å². The van der Waals surface area contributed by atoms with Crippen LogP contribution >= 0.6 is 0 Å². The summed E-state index contributed by atoms with van der Waals surface area (Å²) in [6.45, 7) is 10.2. The van der Waals surface area contributed by atoms with Crippen molar-refractivity contribution in [2.24, 2.45) is 11.1 Å². The zero-order chi connectivity index (χ0) is 16.3. The van der Waals surface area contributed by atoms with Crippen LogP contribution in [0.15, 0.2) is 0 Å². The van der Waals surface area contributed by atoms with Crippen LogP contribution in [0.4, 0.5) is 0 Å². The highest BCUT2D eigenvalue weighted by Gasteiger charge is 2.32. The van der Waals surface area contributed by atoms with Gasteiger partial charge in [0.15, 0.2) is 0 Å². The van der Waals surface area contributed by atoms with Crippen molar-refractivity contribution in [1.82, 2.24) is 9.21 Å². The van der Waals surface area contributed by atoms with E-state index >= 15 is 0 Å². The molecule has 1 heterocycles. The van der Waals surface area contributed by atoms with Crippen LogP contribution < -0.4 is 5.73 Å². The smallest absolute Gasteiger partial charge is 0.214 e. The lowest BCUT2D eigenvalue weighted by atomic mass is 10.0. The molecule has 0 bridgehead atoms. The Morgan fingerprint density at radius 2 is 1.76 bits per heavy atom. The third-order valence-electron chi connectivity index (χ3n) is 3.64. The summed E-state index contributed by atoms with van der Waals surface area (Å²) in [6, 6.07) is -0.0533. The first kappa shape index (κ1) is 18.4. The molecule has 1 rings (SSSR count). The second-order valence-corrected chi connectivity index (χ2v) is 8.98. The molecule has 0 saturated carbocycles. The van der Waals surface area contributed by atoms with Gasteiger partial charge in [0.1, 0.15) is 5.84 Å². The maximum absolute atomic E-state index is 12.4. The molecule has 1 aliphatic rings. The number of hydrogen-bond donors (Lipinski definition) is 2. The van der Waals surface area contributed by atoms with E-state index < -0.39 is 10.0 Å². The minimum Gasteiger partial charge on any atom is -0.386 e. The fourth-order valence-corrected chi connectivity index (χ4v) is 4.74. The first-order valence-electron chi connectivity index (χ1n) is 7.62. The van der Waals surface area contributed by atoms with Gasteiger partial charge in [0.05, 0.1) is 11.8 Å². The minimum absolute atomic E-state index is 0.0533. The molecule has 21 heavy (non-hydrogen) atoms. The Morgan fingerprint density at radius 3 is 2.14 bits per heavy atom. The standard InChI is InChI=1S/C14H30N4O2S/c1-5-6-12(13(15)16)17-7-9-18(10-8-17)21(19,20)11-14(2,3)4/h12H,5-11H2,1-4H3,(H3,15,16). The molecule has 1 aliphatic heterocycles. The van der Waals surface area contributed by atoms with Gasteiger partial charge in [-0.2, -0.15) is 4.31 Å². The molecule has 124 valence electrons. The lowest BCUT2D eigenvalue weighted by molar-refractivity contribution is 0.160. The minimum atomic E-state index is -3.20. The monoisotopic (exact) mass is 318 g/mol. The van der Waals surface area contributed by atoms with Gasteiger partial charge in [-0.1, -0.05) is 34.1 Å². The van der Waals surface area contributed by atoms with Gasteiger partial charge >= 0.3 is 0 Å². The molecule has 0 aromatic rings. The summed E-state index contributed by atoms with van der Waals surface area (Å²) < 4.78 is 26.3. The summed E-state index contributed by atoms with van der Waals surface area (Å²) in [5.41, 5.74) is 5.43. The molecule has 6 nitrogen and oxygen atoms in total. The van der Waals surface area contributed by atoms with Crippen molar-refractivity contribution in [2.75, 3.05) is 31.9 Å². The molecule has 1 atom stereocenters. The molecule has 1 fully saturated rings. The van der Waals surface area contributed by atoms with Crippen LogP contribution in [0.25, 0.3) is 0 Å². The average molecular weight is 318 g/mol. The van der Waals surface area contributed by atoms with E-state index in [0.717, 1.165) is 12.8 Å². The molecule has 0 aromatic heterocycles. The van der Waals surface area contributed by atoms with Crippen LogP contribution in [-0.4, -0.2) is 61.4 Å². The SMILES string of the molecule is CCCC(C(=N)N)N1CCN(S(=O)(=O)CC(C)(C)C)CC1. The number of piperazine rings is 1. The zero-order valence-corrected chi connectivity index (χ0v) is 14.5. The highest BCUT2D eigenvalue weighted by Crippen LogP contribution is 2.20. The zero-order valence-electron chi connectivity index (χ0n) is 13.7. The first-order chi connectivity index (χ1) is 9.57. The predicted molar refractivity (Wildman–Crippen MR) is 87.0 cm³/mol. The molecular formula is C14H30N4O2S. The highest BCUT2D eigenvalue weighted by molar-refractivity contribution is 7.89. The largest absolute Gasteiger partial charge is 0.386 e. The van der Waals surface area contributed by atoms with Crippen molar-refractivity contribution in [3.05, 3.63) is 0 Å². The van der Waals surface area contributed by atoms with Crippen LogP contribution in [0.2, 0.25) is 0 Å². The summed E-state index contributed by atoms with van der Waals surface area (Å²) in [5.74, 6) is 0.355. The summed E-state index contributed by atoms with van der Waals surface area (Å²) >= 11 is 0. The van der Waals surface area contributed by atoms with Crippen molar-refractivity contribution >= 4 is 15.9 Å². The maximum atomic E-state index is 12.4. The van der Waals surface area contributed by atoms with Crippen LogP contribution in [0.5, 0.6) is 0 Å². The lowest BCUT2D eigenvalue weighted by Crippen LogP contribution is -2.55. The lowest BCUT2D eigenvalue weighted by Gasteiger charge is -2.39. The summed E-state index contributed by atoms with van der Waals surface area (Å²) in [6.07, 6.45) is 1.82. The normalized spacial score (nSPS) is 20.4. The van der Waals surface area contributed by atoms with Crippen molar-refractivity contribution in [2.45, 2.75) is 46.6 Å². The van der Waals surface area contributed by atoms with Gasteiger partial charge in [0.25, 0.3) is 0 Å². The van der Waals surface area contributed by atoms with Gasteiger partial charge in [-0.3, -0.25) is 10.3 Å². The van der Waals surface area contributed by atoms with E-state index in [9.17, 15) is 8.42 Å². The number of rotatable bonds is 6. The summed E-state index contributed by atoms with van der Waals surface area (Å²) in [5, 5.41) is 7.69. The van der Waals surface area contributed by atoms with Crippen LogP contribution in [0.3, 0.4) is 0 Å². The van der Waals surface area contributed by atoms with Crippen molar-refractivity contribution < 1.29 is 8.42 Å². The fourth-order valence-electron chi connectivity index (χ4n) is 2.74. The van der Waals surface area contributed by atoms with Gasteiger partial charge in [-0.15, -0.1) is 0 Å². The highest BCUT2D eigenvalue weighted by atomic mass is 32.2. The van der Waals surface area contributed by atoms with E-state index in [1.54, 1.807) is 4.31 Å². The van der Waals surface area contributed by atoms with Gasteiger partial charge in [0, 0.05) is 26.2 Å². The van der Waals surface area contributed by atoms with Gasteiger partial charge in [-0.25, -0.2) is 8.42 Å². The van der Waals surface area contributed by atoms with Gasteiger partial charge in [-0.05, 0) is 11.8 Å². The second kappa shape index (κ2) is 7.07. The van der Waals surface area contributed by atoms with Crippen molar-refractivity contribution in [3.8, 4) is 0 Å². The number of nitrogens with one attached hydrogen (secondary N) is 1. The Balaban J connectivity index is 2.65. The quantitative estimate of drug-likeness (QED) is 0.566. The summed E-state index contributed by atoms with van der Waals surface area (Å²) in [4.78, 5) is 2.13. The van der Waals surface area contributed by atoms with E-state index in [-0.39, 0.29) is 23.0 Å². The molecule has 7 heteroatoms. The predicted octanol–water partition coefficient (Wildman–Crippen LogP) is 1.08. The van der Waals surface area contributed by atoms with Crippen LogP contribution in [-0.2, 0) is 10.0 Å². The molecule has 0 spiro atoms. The molecule has 0 aliphatic carbocycles. The molecule has 1 unspecified atom stereocenters. The molecule has 1 saturated heterocycles. The number of amidine groups is 1. The molecule has 0 amide bonds. The van der Waals surface area contributed by atoms with Crippen LogP contribution in [0, 0.1) is 10.8 Å². The Bertz CT molecular complexity index is 448. The fraction of sp³-hybridized carbons (Fsp3) is 0.929. The Hall–Kier alpha value is -0.660. The van der Waals surface area contributed by atoms with E-state index in [4.69, 9.17) is 11.1 Å². The molecule has 0 radical (unpaired) electrons. The number of nitrogens with two attached hydrogens (primary N) is 1. The molecular weight excluding hydrogens is 288 g/mol. The van der Waals surface area contributed by atoms with E-state index in [1.807, 2.05) is 20.8 Å². The number of sulfonamides is 1. The average Bonchev–Trinajstić information content (AvgIpc) is 2.33. The van der Waals surface area contributed by atoms with Gasteiger partial charge in [0.2, 0.25) is 10.0 Å². The first-order valence-corrected chi connectivity index (χ1v) is 9.23.